The van der Waals surface area contributed by atoms with Crippen LogP contribution in [0.25, 0.3) is 0 Å². The van der Waals surface area contributed by atoms with Crippen molar-refractivity contribution in [1.82, 2.24) is 10.6 Å². The summed E-state index contributed by atoms with van der Waals surface area (Å²) in [5.74, 6) is -0.280. The van der Waals surface area contributed by atoms with Crippen molar-refractivity contribution in [3.63, 3.8) is 0 Å². The maximum atomic E-state index is 11.9. The molecule has 118 valence electrons. The van der Waals surface area contributed by atoms with Crippen LogP contribution in [0.4, 0.5) is 0 Å². The van der Waals surface area contributed by atoms with E-state index in [2.05, 4.69) is 10.6 Å². The van der Waals surface area contributed by atoms with Crippen LogP contribution in [0.3, 0.4) is 0 Å². The highest BCUT2D eigenvalue weighted by Crippen LogP contribution is 2.17. The number of nitrogens with two attached hydrogens (primary N) is 1. The van der Waals surface area contributed by atoms with Gasteiger partial charge in [-0.05, 0) is 19.4 Å². The quantitative estimate of drug-likeness (QED) is 0.743. The summed E-state index contributed by atoms with van der Waals surface area (Å²) in [5.41, 5.74) is 7.53. The van der Waals surface area contributed by atoms with Gasteiger partial charge < -0.3 is 16.4 Å². The Hall–Kier alpha value is -1.59. The topological polar surface area (TPSA) is 84.2 Å². The van der Waals surface area contributed by atoms with E-state index in [9.17, 15) is 9.59 Å². The SMILES string of the molecule is CC(=O)NC(CC(=O)N[C@@H](C)CN)c1ccc(C)cc1.Cl. The Morgan fingerprint density at radius 3 is 2.24 bits per heavy atom. The van der Waals surface area contributed by atoms with E-state index in [4.69, 9.17) is 5.73 Å². The lowest BCUT2D eigenvalue weighted by Crippen LogP contribution is -2.40. The lowest BCUT2D eigenvalue weighted by molar-refractivity contribution is -0.123. The van der Waals surface area contributed by atoms with Gasteiger partial charge in [0.05, 0.1) is 12.5 Å². The first kappa shape index (κ1) is 19.4. The van der Waals surface area contributed by atoms with Gasteiger partial charge in [-0.1, -0.05) is 29.8 Å². The number of hydrogen-bond acceptors (Lipinski definition) is 3. The van der Waals surface area contributed by atoms with Gasteiger partial charge in [-0.2, -0.15) is 0 Å². The Balaban J connectivity index is 0.00000400. The van der Waals surface area contributed by atoms with Crippen LogP contribution in [-0.4, -0.2) is 24.4 Å². The third kappa shape index (κ3) is 7.11. The second kappa shape index (κ2) is 9.37. The fourth-order valence-electron chi connectivity index (χ4n) is 1.87. The molecule has 0 aromatic heterocycles. The lowest BCUT2D eigenvalue weighted by atomic mass is 10.0. The first-order valence-electron chi connectivity index (χ1n) is 6.75. The number of hydrogen-bond donors (Lipinski definition) is 3. The third-order valence-corrected chi connectivity index (χ3v) is 3.01. The van der Waals surface area contributed by atoms with Crippen molar-refractivity contribution in [2.75, 3.05) is 6.54 Å². The van der Waals surface area contributed by atoms with Crippen LogP contribution >= 0.6 is 12.4 Å². The largest absolute Gasteiger partial charge is 0.352 e. The normalized spacial score (nSPS) is 12.8. The van der Waals surface area contributed by atoms with Gasteiger partial charge in [-0.15, -0.1) is 12.4 Å². The Labute approximate surface area is 132 Å². The third-order valence-electron chi connectivity index (χ3n) is 3.01. The average molecular weight is 314 g/mol. The van der Waals surface area contributed by atoms with Crippen LogP contribution in [0.2, 0.25) is 0 Å². The summed E-state index contributed by atoms with van der Waals surface area (Å²) in [6.07, 6.45) is 0.201. The number of aryl methyl sites for hydroxylation is 1. The number of amides is 2. The molecule has 0 aliphatic carbocycles. The molecule has 0 fully saturated rings. The zero-order valence-corrected chi connectivity index (χ0v) is 13.5. The molecule has 0 aliphatic rings. The maximum Gasteiger partial charge on any atom is 0.222 e. The number of rotatable bonds is 6. The maximum absolute atomic E-state index is 11.9. The highest BCUT2D eigenvalue weighted by Gasteiger charge is 2.17. The molecule has 1 rings (SSSR count). The van der Waals surface area contributed by atoms with Crippen LogP contribution in [0.5, 0.6) is 0 Å². The minimum absolute atomic E-state index is 0. The smallest absolute Gasteiger partial charge is 0.222 e. The number of nitrogens with one attached hydrogen (secondary N) is 2. The van der Waals surface area contributed by atoms with E-state index in [0.717, 1.165) is 11.1 Å². The predicted octanol–water partition coefficient (Wildman–Crippen LogP) is 1.45. The molecule has 1 unspecified atom stereocenters. The van der Waals surface area contributed by atoms with Gasteiger partial charge in [0, 0.05) is 19.5 Å². The van der Waals surface area contributed by atoms with Crippen molar-refractivity contribution < 1.29 is 9.59 Å². The number of benzene rings is 1. The fraction of sp³-hybridized carbons (Fsp3) is 0.467. The number of halogens is 1. The molecule has 0 radical (unpaired) electrons. The molecular formula is C15H24ClN3O2. The molecule has 0 saturated heterocycles. The zero-order valence-electron chi connectivity index (χ0n) is 12.7. The monoisotopic (exact) mass is 313 g/mol. The summed E-state index contributed by atoms with van der Waals surface area (Å²) in [7, 11) is 0. The van der Waals surface area contributed by atoms with Crippen molar-refractivity contribution in [1.29, 1.82) is 0 Å². The minimum Gasteiger partial charge on any atom is -0.352 e. The average Bonchev–Trinajstić information content (AvgIpc) is 2.38. The van der Waals surface area contributed by atoms with Crippen molar-refractivity contribution in [3.05, 3.63) is 35.4 Å². The van der Waals surface area contributed by atoms with Crippen LogP contribution in [0.1, 0.15) is 37.4 Å². The molecule has 0 heterocycles. The van der Waals surface area contributed by atoms with Gasteiger partial charge >= 0.3 is 0 Å². The molecule has 0 aliphatic heterocycles. The summed E-state index contributed by atoms with van der Waals surface area (Å²) >= 11 is 0. The van der Waals surface area contributed by atoms with Gasteiger partial charge in [0.1, 0.15) is 0 Å². The minimum atomic E-state index is -0.321. The molecule has 1 aromatic carbocycles. The van der Waals surface area contributed by atoms with E-state index in [1.807, 2.05) is 38.1 Å². The molecule has 6 heteroatoms. The van der Waals surface area contributed by atoms with Crippen LogP contribution in [0.15, 0.2) is 24.3 Å². The van der Waals surface area contributed by atoms with Crippen LogP contribution < -0.4 is 16.4 Å². The summed E-state index contributed by atoms with van der Waals surface area (Å²) in [6, 6.07) is 7.39. The molecule has 4 N–H and O–H groups in total. The molecule has 5 nitrogen and oxygen atoms in total. The molecule has 0 bridgehead atoms. The summed E-state index contributed by atoms with van der Waals surface area (Å²) < 4.78 is 0. The first-order chi connectivity index (χ1) is 9.42. The van der Waals surface area contributed by atoms with Crippen molar-refractivity contribution in [3.8, 4) is 0 Å². The Kier molecular flexibility index (Phi) is 8.66. The van der Waals surface area contributed by atoms with Gasteiger partial charge in [-0.25, -0.2) is 0 Å². The number of carbonyl (C=O) groups excluding carboxylic acids is 2. The fourth-order valence-corrected chi connectivity index (χ4v) is 1.87. The Bertz CT molecular complexity index is 462. The van der Waals surface area contributed by atoms with Crippen LogP contribution in [0, 0.1) is 6.92 Å². The van der Waals surface area contributed by atoms with Gasteiger partial charge in [0.25, 0.3) is 0 Å². The van der Waals surface area contributed by atoms with E-state index in [0.29, 0.717) is 6.54 Å². The Morgan fingerprint density at radius 2 is 1.76 bits per heavy atom. The second-order valence-electron chi connectivity index (χ2n) is 5.07. The zero-order chi connectivity index (χ0) is 15.1. The highest BCUT2D eigenvalue weighted by atomic mass is 35.5. The lowest BCUT2D eigenvalue weighted by Gasteiger charge is -2.19. The van der Waals surface area contributed by atoms with Crippen molar-refractivity contribution >= 4 is 24.2 Å². The van der Waals surface area contributed by atoms with Crippen molar-refractivity contribution in [2.24, 2.45) is 5.73 Å². The molecule has 0 saturated carbocycles. The summed E-state index contributed by atoms with van der Waals surface area (Å²) in [6.45, 7) is 5.67. The summed E-state index contributed by atoms with van der Waals surface area (Å²) in [5, 5.41) is 5.61. The standard InChI is InChI=1S/C15H23N3O2.ClH/c1-10-4-6-13(7-5-10)14(18-12(3)19)8-15(20)17-11(2)9-16;/h4-7,11,14H,8-9,16H2,1-3H3,(H,17,20)(H,18,19);1H/t11-,14?;/m0./s1. The van der Waals surface area contributed by atoms with Gasteiger partial charge in [-0.3, -0.25) is 9.59 Å². The van der Waals surface area contributed by atoms with E-state index in [-0.39, 0.29) is 42.7 Å². The molecular weight excluding hydrogens is 290 g/mol. The van der Waals surface area contributed by atoms with Gasteiger partial charge in [0.2, 0.25) is 11.8 Å². The second-order valence-corrected chi connectivity index (χ2v) is 5.07. The van der Waals surface area contributed by atoms with E-state index in [1.165, 1.54) is 6.92 Å². The van der Waals surface area contributed by atoms with E-state index >= 15 is 0 Å². The van der Waals surface area contributed by atoms with E-state index in [1.54, 1.807) is 0 Å². The molecule has 21 heavy (non-hydrogen) atoms. The first-order valence-corrected chi connectivity index (χ1v) is 6.75. The number of carbonyl (C=O) groups is 2. The van der Waals surface area contributed by atoms with E-state index < -0.39 is 0 Å². The van der Waals surface area contributed by atoms with Crippen LogP contribution in [-0.2, 0) is 9.59 Å². The molecule has 1 aromatic rings. The van der Waals surface area contributed by atoms with Gasteiger partial charge in [0.15, 0.2) is 0 Å². The van der Waals surface area contributed by atoms with Crippen molar-refractivity contribution in [2.45, 2.75) is 39.3 Å². The summed E-state index contributed by atoms with van der Waals surface area (Å²) in [4.78, 5) is 23.2. The molecule has 2 amide bonds. The molecule has 0 spiro atoms. The molecule has 2 atom stereocenters. The Morgan fingerprint density at radius 1 is 1.19 bits per heavy atom. The highest BCUT2D eigenvalue weighted by molar-refractivity contribution is 5.85. The predicted molar refractivity (Wildman–Crippen MR) is 86.3 cm³/mol.